The van der Waals surface area contributed by atoms with Gasteiger partial charge in [0.2, 0.25) is 0 Å². The van der Waals surface area contributed by atoms with Crippen molar-refractivity contribution in [1.29, 1.82) is 0 Å². The minimum Gasteiger partial charge on any atom is -0.507 e. The minimum atomic E-state index is -0.640. The number of phenols is 1. The summed E-state index contributed by atoms with van der Waals surface area (Å²) < 4.78 is 6.18. The molecule has 6 nitrogen and oxygen atoms in total. The van der Waals surface area contributed by atoms with Crippen LogP contribution >= 0.6 is 27.5 Å². The Kier molecular flexibility index (Phi) is 6.05. The smallest absolute Gasteiger partial charge is 0.276 e. The van der Waals surface area contributed by atoms with Gasteiger partial charge in [-0.25, -0.2) is 0 Å². The van der Waals surface area contributed by atoms with E-state index in [0.29, 0.717) is 10.8 Å². The lowest BCUT2D eigenvalue weighted by Crippen LogP contribution is -2.43. The minimum absolute atomic E-state index is 0.0468. The molecule has 0 radical (unpaired) electrons. The molecule has 3 N–H and O–H groups in total. The van der Waals surface area contributed by atoms with Gasteiger partial charge >= 0.3 is 0 Å². The van der Waals surface area contributed by atoms with Crippen LogP contribution in [0.3, 0.4) is 0 Å². The van der Waals surface area contributed by atoms with E-state index in [-0.39, 0.29) is 17.9 Å². The van der Waals surface area contributed by atoms with Crippen molar-refractivity contribution >= 4 is 39.3 Å². The van der Waals surface area contributed by atoms with Gasteiger partial charge in [-0.2, -0.15) is 0 Å². The highest BCUT2D eigenvalue weighted by molar-refractivity contribution is 9.10. The second-order valence-corrected chi connectivity index (χ2v) is 6.16. The summed E-state index contributed by atoms with van der Waals surface area (Å²) in [4.78, 5) is 23.6. The number of aromatic hydroxyl groups is 1. The molecule has 0 unspecified atom stereocenters. The number of hydrazine groups is 1. The Hall–Kier alpha value is -2.25. The van der Waals surface area contributed by atoms with Gasteiger partial charge in [-0.05, 0) is 36.8 Å². The first-order chi connectivity index (χ1) is 11.4. The Morgan fingerprint density at radius 1 is 1.25 bits per heavy atom. The molecule has 2 aromatic rings. The van der Waals surface area contributed by atoms with Crippen molar-refractivity contribution in [2.24, 2.45) is 0 Å². The summed E-state index contributed by atoms with van der Waals surface area (Å²) in [5.74, 6) is -1.00. The molecule has 0 aromatic heterocycles. The van der Waals surface area contributed by atoms with Crippen LogP contribution in [0.2, 0.25) is 5.02 Å². The number of ether oxygens (including phenoxy) is 1. The van der Waals surface area contributed by atoms with E-state index in [1.165, 1.54) is 12.1 Å². The number of aryl methyl sites for hydroxylation is 1. The molecule has 0 atom stereocenters. The first-order valence-corrected chi connectivity index (χ1v) is 8.01. The molecule has 0 aliphatic rings. The summed E-state index contributed by atoms with van der Waals surface area (Å²) in [6.07, 6.45) is 0. The van der Waals surface area contributed by atoms with Gasteiger partial charge in [0.15, 0.2) is 6.61 Å². The van der Waals surface area contributed by atoms with Crippen LogP contribution in [0.15, 0.2) is 40.9 Å². The Balaban J connectivity index is 1.88. The normalized spacial score (nSPS) is 10.1. The standard InChI is InChI=1S/C16H14BrClN2O4/c1-9-6-10(17)7-12(18)15(9)24-8-14(22)19-20-16(23)11-4-2-3-5-13(11)21/h2-7,21H,8H2,1H3,(H,19,22)(H,20,23). The lowest BCUT2D eigenvalue weighted by atomic mass is 10.2. The van der Waals surface area contributed by atoms with E-state index in [0.717, 1.165) is 10.0 Å². The molecule has 2 rings (SSSR count). The lowest BCUT2D eigenvalue weighted by Gasteiger charge is -2.12. The van der Waals surface area contributed by atoms with E-state index in [4.69, 9.17) is 16.3 Å². The van der Waals surface area contributed by atoms with Gasteiger partial charge in [0.1, 0.15) is 11.5 Å². The van der Waals surface area contributed by atoms with Crippen LogP contribution in [-0.4, -0.2) is 23.5 Å². The van der Waals surface area contributed by atoms with Crippen LogP contribution in [0, 0.1) is 6.92 Å². The molecule has 0 saturated heterocycles. The fraction of sp³-hybridized carbons (Fsp3) is 0.125. The molecule has 0 saturated carbocycles. The Bertz CT molecular complexity index is 759. The predicted molar refractivity (Wildman–Crippen MR) is 93.1 cm³/mol. The highest BCUT2D eigenvalue weighted by Gasteiger charge is 2.13. The first-order valence-electron chi connectivity index (χ1n) is 6.84. The molecule has 0 fully saturated rings. The summed E-state index contributed by atoms with van der Waals surface area (Å²) >= 11 is 9.37. The van der Waals surface area contributed by atoms with Gasteiger partial charge < -0.3 is 9.84 Å². The van der Waals surface area contributed by atoms with E-state index in [1.54, 1.807) is 31.2 Å². The van der Waals surface area contributed by atoms with Crippen molar-refractivity contribution < 1.29 is 19.4 Å². The number of rotatable bonds is 4. The van der Waals surface area contributed by atoms with E-state index < -0.39 is 11.8 Å². The molecule has 8 heteroatoms. The van der Waals surface area contributed by atoms with Crippen molar-refractivity contribution in [2.75, 3.05) is 6.61 Å². The van der Waals surface area contributed by atoms with Gasteiger partial charge in [0, 0.05) is 4.47 Å². The summed E-state index contributed by atoms with van der Waals surface area (Å²) in [7, 11) is 0. The zero-order chi connectivity index (χ0) is 17.7. The third-order valence-electron chi connectivity index (χ3n) is 3.01. The molecule has 2 aromatic carbocycles. The number of para-hydroxylation sites is 1. The Morgan fingerprint density at radius 3 is 2.62 bits per heavy atom. The van der Waals surface area contributed by atoms with Crippen molar-refractivity contribution in [3.05, 3.63) is 57.0 Å². The van der Waals surface area contributed by atoms with Crippen LogP contribution in [0.25, 0.3) is 0 Å². The van der Waals surface area contributed by atoms with Crippen molar-refractivity contribution in [3.63, 3.8) is 0 Å². The van der Waals surface area contributed by atoms with E-state index in [9.17, 15) is 14.7 Å². The highest BCUT2D eigenvalue weighted by atomic mass is 79.9. The molecule has 2 amide bonds. The Morgan fingerprint density at radius 2 is 1.96 bits per heavy atom. The number of hydrogen-bond donors (Lipinski definition) is 3. The maximum absolute atomic E-state index is 11.8. The monoisotopic (exact) mass is 412 g/mol. The third kappa shape index (κ3) is 4.62. The van der Waals surface area contributed by atoms with Crippen molar-refractivity contribution in [2.45, 2.75) is 6.92 Å². The lowest BCUT2D eigenvalue weighted by molar-refractivity contribution is -0.123. The number of phenolic OH excluding ortho intramolecular Hbond substituents is 1. The maximum Gasteiger partial charge on any atom is 0.276 e. The first kappa shape index (κ1) is 18.1. The fourth-order valence-corrected chi connectivity index (χ4v) is 2.93. The summed E-state index contributed by atoms with van der Waals surface area (Å²) in [5, 5.41) is 9.93. The number of nitrogens with one attached hydrogen (secondary N) is 2. The summed E-state index contributed by atoms with van der Waals surface area (Å²) in [6.45, 7) is 1.47. The second kappa shape index (κ2) is 8.03. The highest BCUT2D eigenvalue weighted by Crippen LogP contribution is 2.31. The van der Waals surface area contributed by atoms with Crippen LogP contribution in [-0.2, 0) is 4.79 Å². The number of carbonyl (C=O) groups excluding carboxylic acids is 2. The molecule has 24 heavy (non-hydrogen) atoms. The number of carbonyl (C=O) groups is 2. The molecule has 0 bridgehead atoms. The zero-order valence-corrected chi connectivity index (χ0v) is 14.9. The Labute approximate surface area is 151 Å². The average molecular weight is 414 g/mol. The van der Waals surface area contributed by atoms with Crippen molar-refractivity contribution in [3.8, 4) is 11.5 Å². The molecule has 0 heterocycles. The summed E-state index contributed by atoms with van der Waals surface area (Å²) in [6, 6.07) is 9.44. The zero-order valence-electron chi connectivity index (χ0n) is 12.6. The average Bonchev–Trinajstić information content (AvgIpc) is 2.52. The van der Waals surface area contributed by atoms with Gasteiger partial charge in [-0.3, -0.25) is 20.4 Å². The van der Waals surface area contributed by atoms with Gasteiger partial charge in [-0.15, -0.1) is 0 Å². The van der Waals surface area contributed by atoms with E-state index in [1.807, 2.05) is 0 Å². The van der Waals surface area contributed by atoms with E-state index >= 15 is 0 Å². The van der Waals surface area contributed by atoms with Crippen LogP contribution in [0.5, 0.6) is 11.5 Å². The molecule has 126 valence electrons. The number of benzene rings is 2. The molecular formula is C16H14BrClN2O4. The molecular weight excluding hydrogens is 400 g/mol. The molecule has 0 aliphatic carbocycles. The topological polar surface area (TPSA) is 87.7 Å². The summed E-state index contributed by atoms with van der Waals surface area (Å²) in [5.41, 5.74) is 5.21. The quantitative estimate of drug-likeness (QED) is 0.673. The molecule has 0 aliphatic heterocycles. The van der Waals surface area contributed by atoms with Gasteiger partial charge in [-0.1, -0.05) is 39.7 Å². The van der Waals surface area contributed by atoms with Crippen LogP contribution in [0.4, 0.5) is 0 Å². The van der Waals surface area contributed by atoms with Gasteiger partial charge in [0.25, 0.3) is 11.8 Å². The SMILES string of the molecule is Cc1cc(Br)cc(Cl)c1OCC(=O)NNC(=O)c1ccccc1O. The van der Waals surface area contributed by atoms with Crippen LogP contribution < -0.4 is 15.6 Å². The number of halogens is 2. The van der Waals surface area contributed by atoms with Crippen molar-refractivity contribution in [1.82, 2.24) is 10.9 Å². The maximum atomic E-state index is 11.8. The fourth-order valence-electron chi connectivity index (χ4n) is 1.91. The van der Waals surface area contributed by atoms with Crippen LogP contribution in [0.1, 0.15) is 15.9 Å². The largest absolute Gasteiger partial charge is 0.507 e. The van der Waals surface area contributed by atoms with E-state index in [2.05, 4.69) is 26.8 Å². The third-order valence-corrected chi connectivity index (χ3v) is 3.74. The second-order valence-electron chi connectivity index (χ2n) is 4.84. The number of hydrogen-bond acceptors (Lipinski definition) is 4. The predicted octanol–water partition coefficient (Wildman–Crippen LogP) is 2.96. The van der Waals surface area contributed by atoms with Gasteiger partial charge in [0.05, 0.1) is 10.6 Å². The number of amides is 2. The molecule has 0 spiro atoms.